The number of thioether (sulfide) groups is 1. The Morgan fingerprint density at radius 1 is 1.12 bits per heavy atom. The van der Waals surface area contributed by atoms with Crippen LogP contribution in [0, 0.1) is 0 Å². The third kappa shape index (κ3) is 3.25. The van der Waals surface area contributed by atoms with Gasteiger partial charge in [-0.1, -0.05) is 0 Å². The lowest BCUT2D eigenvalue weighted by Crippen LogP contribution is -2.22. The van der Waals surface area contributed by atoms with Gasteiger partial charge in [-0.05, 0) is 24.3 Å². The summed E-state index contributed by atoms with van der Waals surface area (Å²) in [5.41, 5.74) is -0.342. The van der Waals surface area contributed by atoms with Crippen LogP contribution in [0.2, 0.25) is 0 Å². The highest BCUT2D eigenvalue weighted by molar-refractivity contribution is 7.98. The smallest absolute Gasteiger partial charge is 0.325 e. The van der Waals surface area contributed by atoms with Crippen molar-refractivity contribution in [1.29, 1.82) is 0 Å². The third-order valence-corrected chi connectivity index (χ3v) is 3.11. The van der Waals surface area contributed by atoms with E-state index in [4.69, 9.17) is 5.11 Å². The maximum atomic E-state index is 11.0. The minimum atomic E-state index is -0.501. The van der Waals surface area contributed by atoms with Gasteiger partial charge >= 0.3 is 5.69 Å². The zero-order valence-electron chi connectivity index (χ0n) is 8.77. The molecule has 0 aliphatic heterocycles. The van der Waals surface area contributed by atoms with E-state index in [2.05, 4.69) is 9.97 Å². The Morgan fingerprint density at radius 2 is 1.82 bits per heavy atom. The van der Waals surface area contributed by atoms with Crippen molar-refractivity contribution in [2.45, 2.75) is 10.6 Å². The van der Waals surface area contributed by atoms with E-state index < -0.39 is 11.2 Å². The summed E-state index contributed by atoms with van der Waals surface area (Å²) in [5.74, 6) is 0.697. The zero-order valence-corrected chi connectivity index (χ0v) is 9.58. The second-order valence-electron chi connectivity index (χ2n) is 3.40. The molecule has 0 aliphatic carbocycles. The number of phenolic OH excluding ortho intramolecular Hbond substituents is 1. The summed E-state index contributed by atoms with van der Waals surface area (Å²) in [5, 5.41) is 9.11. The van der Waals surface area contributed by atoms with Gasteiger partial charge < -0.3 is 10.1 Å². The van der Waals surface area contributed by atoms with Crippen molar-refractivity contribution < 1.29 is 5.11 Å². The molecule has 0 fully saturated rings. The zero-order chi connectivity index (χ0) is 12.3. The largest absolute Gasteiger partial charge is 0.508 e. The lowest BCUT2D eigenvalue weighted by Gasteiger charge is -2.01. The van der Waals surface area contributed by atoms with Crippen LogP contribution < -0.4 is 11.2 Å². The first-order chi connectivity index (χ1) is 8.13. The van der Waals surface area contributed by atoms with Crippen molar-refractivity contribution in [1.82, 2.24) is 9.97 Å². The highest BCUT2D eigenvalue weighted by atomic mass is 32.2. The molecule has 6 heteroatoms. The molecule has 1 aromatic heterocycles. The van der Waals surface area contributed by atoms with E-state index in [1.54, 1.807) is 24.3 Å². The molecule has 2 rings (SSSR count). The number of nitrogens with one attached hydrogen (secondary N) is 2. The average molecular weight is 250 g/mol. The molecule has 0 atom stereocenters. The lowest BCUT2D eigenvalue weighted by molar-refractivity contribution is 0.475. The Kier molecular flexibility index (Phi) is 3.34. The van der Waals surface area contributed by atoms with Gasteiger partial charge in [-0.15, -0.1) is 11.8 Å². The molecule has 3 N–H and O–H groups in total. The number of H-pyrrole nitrogens is 2. The van der Waals surface area contributed by atoms with Crippen LogP contribution in [0.3, 0.4) is 0 Å². The molecule has 1 aromatic carbocycles. The van der Waals surface area contributed by atoms with Crippen LogP contribution in [-0.4, -0.2) is 15.1 Å². The van der Waals surface area contributed by atoms with Crippen molar-refractivity contribution in [3.63, 3.8) is 0 Å². The van der Waals surface area contributed by atoms with Gasteiger partial charge in [0.2, 0.25) is 0 Å². The fourth-order valence-corrected chi connectivity index (χ4v) is 2.11. The normalized spacial score (nSPS) is 10.4. The monoisotopic (exact) mass is 250 g/mol. The van der Waals surface area contributed by atoms with Crippen LogP contribution in [0.15, 0.2) is 44.8 Å². The molecule has 0 saturated heterocycles. The molecule has 17 heavy (non-hydrogen) atoms. The molecule has 0 saturated carbocycles. The number of hydrogen-bond acceptors (Lipinski definition) is 4. The summed E-state index contributed by atoms with van der Waals surface area (Å²) in [6.07, 6.45) is 0. The van der Waals surface area contributed by atoms with E-state index in [0.29, 0.717) is 11.4 Å². The predicted octanol–water partition coefficient (Wildman–Crippen LogP) is 1.06. The Labute approximate surface area is 101 Å². The maximum absolute atomic E-state index is 11.0. The molecule has 0 radical (unpaired) electrons. The lowest BCUT2D eigenvalue weighted by atomic mass is 10.3. The minimum Gasteiger partial charge on any atom is -0.508 e. The van der Waals surface area contributed by atoms with Crippen LogP contribution in [0.5, 0.6) is 5.75 Å². The molecule has 0 unspecified atom stereocenters. The Balaban J connectivity index is 2.09. The summed E-state index contributed by atoms with van der Waals surface area (Å²) in [7, 11) is 0. The van der Waals surface area contributed by atoms with Crippen molar-refractivity contribution in [3.05, 3.63) is 56.9 Å². The molecule has 0 spiro atoms. The van der Waals surface area contributed by atoms with Gasteiger partial charge in [0.1, 0.15) is 5.75 Å². The van der Waals surface area contributed by atoms with Crippen molar-refractivity contribution in [3.8, 4) is 5.75 Å². The molecule has 5 nitrogen and oxygen atoms in total. The number of hydrogen-bond donors (Lipinski definition) is 3. The van der Waals surface area contributed by atoms with E-state index in [1.165, 1.54) is 17.8 Å². The van der Waals surface area contributed by atoms with E-state index in [9.17, 15) is 9.59 Å². The van der Waals surface area contributed by atoms with Gasteiger partial charge in [0.15, 0.2) is 0 Å². The second-order valence-corrected chi connectivity index (χ2v) is 4.44. The van der Waals surface area contributed by atoms with Crippen molar-refractivity contribution >= 4 is 11.8 Å². The van der Waals surface area contributed by atoms with Crippen molar-refractivity contribution in [2.24, 2.45) is 0 Å². The maximum Gasteiger partial charge on any atom is 0.325 e. The first-order valence-corrected chi connectivity index (χ1v) is 5.86. The van der Waals surface area contributed by atoms with Crippen LogP contribution in [0.1, 0.15) is 5.69 Å². The van der Waals surface area contributed by atoms with Crippen LogP contribution in [0.25, 0.3) is 0 Å². The molecular weight excluding hydrogens is 240 g/mol. The van der Waals surface area contributed by atoms with Crippen LogP contribution in [-0.2, 0) is 5.75 Å². The summed E-state index contributed by atoms with van der Waals surface area (Å²) < 4.78 is 0. The number of benzene rings is 1. The Hall–Kier alpha value is -1.95. The van der Waals surface area contributed by atoms with Gasteiger partial charge in [-0.25, -0.2) is 4.79 Å². The molecule has 0 amide bonds. The summed E-state index contributed by atoms with van der Waals surface area (Å²) in [6.45, 7) is 0. The quantitative estimate of drug-likeness (QED) is 0.711. The number of phenols is 1. The molecule has 0 aliphatic rings. The molecule has 2 aromatic rings. The standard InChI is InChI=1S/C11H10N2O3S/c14-8-1-3-9(4-2-8)17-6-7-5-10(15)13-11(16)12-7/h1-5,14H,6H2,(H2,12,13,15,16). The Bertz CT molecular complexity index is 587. The first-order valence-electron chi connectivity index (χ1n) is 4.88. The summed E-state index contributed by atoms with van der Waals surface area (Å²) in [6, 6.07) is 8.07. The second kappa shape index (κ2) is 4.92. The fraction of sp³-hybridized carbons (Fsp3) is 0.0909. The van der Waals surface area contributed by atoms with Gasteiger partial charge in [0.05, 0.1) is 0 Å². The van der Waals surface area contributed by atoms with E-state index in [0.717, 1.165) is 4.90 Å². The van der Waals surface area contributed by atoms with Gasteiger partial charge in [-0.2, -0.15) is 0 Å². The summed E-state index contributed by atoms with van der Waals surface area (Å²) in [4.78, 5) is 27.7. The topological polar surface area (TPSA) is 85.9 Å². The fourth-order valence-electron chi connectivity index (χ4n) is 1.30. The predicted molar refractivity (Wildman–Crippen MR) is 65.4 cm³/mol. The van der Waals surface area contributed by atoms with E-state index >= 15 is 0 Å². The van der Waals surface area contributed by atoms with Crippen molar-refractivity contribution in [2.75, 3.05) is 0 Å². The van der Waals surface area contributed by atoms with Crippen LogP contribution >= 0.6 is 11.8 Å². The summed E-state index contributed by atoms with van der Waals surface area (Å²) >= 11 is 1.47. The minimum absolute atomic E-state index is 0.207. The van der Waals surface area contributed by atoms with E-state index in [1.807, 2.05) is 0 Å². The van der Waals surface area contributed by atoms with Gasteiger partial charge in [0.25, 0.3) is 5.56 Å². The average Bonchev–Trinajstić information content (AvgIpc) is 2.27. The first kappa shape index (κ1) is 11.5. The molecular formula is C11H10N2O3S. The van der Waals surface area contributed by atoms with E-state index in [-0.39, 0.29) is 5.75 Å². The molecule has 88 valence electrons. The number of aromatic hydroxyl groups is 1. The molecule has 0 bridgehead atoms. The van der Waals surface area contributed by atoms with Gasteiger partial charge in [-0.3, -0.25) is 9.78 Å². The Morgan fingerprint density at radius 3 is 2.47 bits per heavy atom. The number of rotatable bonds is 3. The highest BCUT2D eigenvalue weighted by Gasteiger charge is 1.99. The van der Waals surface area contributed by atoms with Gasteiger partial charge in [0, 0.05) is 22.4 Å². The number of aromatic nitrogens is 2. The third-order valence-electron chi connectivity index (χ3n) is 2.05. The van der Waals surface area contributed by atoms with Crippen LogP contribution in [0.4, 0.5) is 0 Å². The molecule has 1 heterocycles. The number of aromatic amines is 2. The highest BCUT2D eigenvalue weighted by Crippen LogP contribution is 2.23. The SMILES string of the molecule is O=c1cc(CSc2ccc(O)cc2)[nH]c(=O)[nH]1.